The molecule has 0 spiro atoms. The minimum atomic E-state index is -0.763. The topological polar surface area (TPSA) is 63.3 Å². The summed E-state index contributed by atoms with van der Waals surface area (Å²) in [6.07, 6.45) is 6.60. The smallest absolute Gasteiger partial charge is 0.305 e. The summed E-state index contributed by atoms with van der Waals surface area (Å²) < 4.78 is 0. The minimum absolute atomic E-state index is 0.131. The number of aliphatic carboxylic acids is 1. The monoisotopic (exact) mass is 199 g/mol. The molecule has 14 heavy (non-hydrogen) atoms. The molecule has 82 valence electrons. The van der Waals surface area contributed by atoms with Crippen LogP contribution in [-0.2, 0) is 4.79 Å². The SMILES string of the molecule is CCCC1CCC(N)(CC(=O)O)CC1. The molecule has 0 aliphatic heterocycles. The fourth-order valence-electron chi connectivity index (χ4n) is 2.43. The predicted octanol–water partition coefficient (Wildman–Crippen LogP) is 2.15. The molecule has 0 aromatic heterocycles. The molecule has 1 aliphatic rings. The van der Waals surface area contributed by atoms with Crippen LogP contribution in [0, 0.1) is 5.92 Å². The number of hydrogen-bond donors (Lipinski definition) is 2. The normalized spacial score (nSPS) is 32.9. The summed E-state index contributed by atoms with van der Waals surface area (Å²) in [5, 5.41) is 8.72. The quantitative estimate of drug-likeness (QED) is 0.729. The summed E-state index contributed by atoms with van der Waals surface area (Å²) in [6.45, 7) is 2.20. The highest BCUT2D eigenvalue weighted by atomic mass is 16.4. The summed E-state index contributed by atoms with van der Waals surface area (Å²) in [5.74, 6) is 0.0203. The van der Waals surface area contributed by atoms with E-state index in [0.717, 1.165) is 31.6 Å². The minimum Gasteiger partial charge on any atom is -0.481 e. The average molecular weight is 199 g/mol. The molecule has 0 heterocycles. The second-order valence-electron chi connectivity index (χ2n) is 4.66. The summed E-state index contributed by atoms with van der Waals surface area (Å²) in [4.78, 5) is 10.6. The molecular formula is C11H21NO2. The van der Waals surface area contributed by atoms with E-state index >= 15 is 0 Å². The molecule has 1 aliphatic carbocycles. The molecule has 0 atom stereocenters. The van der Waals surface area contributed by atoms with Crippen LogP contribution < -0.4 is 5.73 Å². The van der Waals surface area contributed by atoms with E-state index in [1.54, 1.807) is 0 Å². The van der Waals surface area contributed by atoms with Crippen molar-refractivity contribution in [2.45, 2.75) is 57.4 Å². The van der Waals surface area contributed by atoms with Crippen LogP contribution in [0.4, 0.5) is 0 Å². The van der Waals surface area contributed by atoms with Gasteiger partial charge in [-0.3, -0.25) is 4.79 Å². The van der Waals surface area contributed by atoms with Gasteiger partial charge in [0.05, 0.1) is 6.42 Å². The third-order valence-corrected chi connectivity index (χ3v) is 3.30. The highest BCUT2D eigenvalue weighted by Crippen LogP contribution is 2.34. The van der Waals surface area contributed by atoms with Crippen molar-refractivity contribution in [1.82, 2.24) is 0 Å². The van der Waals surface area contributed by atoms with Gasteiger partial charge >= 0.3 is 5.97 Å². The van der Waals surface area contributed by atoms with Crippen molar-refractivity contribution >= 4 is 5.97 Å². The van der Waals surface area contributed by atoms with Crippen molar-refractivity contribution in [3.8, 4) is 0 Å². The number of nitrogens with two attached hydrogens (primary N) is 1. The van der Waals surface area contributed by atoms with E-state index in [2.05, 4.69) is 6.92 Å². The van der Waals surface area contributed by atoms with E-state index < -0.39 is 11.5 Å². The van der Waals surface area contributed by atoms with E-state index in [-0.39, 0.29) is 6.42 Å². The van der Waals surface area contributed by atoms with Gasteiger partial charge in [-0.05, 0) is 31.6 Å². The maximum atomic E-state index is 10.6. The molecule has 0 unspecified atom stereocenters. The third-order valence-electron chi connectivity index (χ3n) is 3.30. The van der Waals surface area contributed by atoms with Gasteiger partial charge in [0.1, 0.15) is 0 Å². The molecule has 1 saturated carbocycles. The van der Waals surface area contributed by atoms with E-state index in [1.807, 2.05) is 0 Å². The second-order valence-corrected chi connectivity index (χ2v) is 4.66. The van der Waals surface area contributed by atoms with Crippen molar-refractivity contribution in [2.24, 2.45) is 11.7 Å². The van der Waals surface area contributed by atoms with Crippen molar-refractivity contribution in [3.05, 3.63) is 0 Å². The molecular weight excluding hydrogens is 178 g/mol. The zero-order valence-electron chi connectivity index (χ0n) is 8.96. The molecule has 0 radical (unpaired) electrons. The van der Waals surface area contributed by atoms with Crippen LogP contribution in [0.15, 0.2) is 0 Å². The van der Waals surface area contributed by atoms with Crippen LogP contribution in [0.5, 0.6) is 0 Å². The van der Waals surface area contributed by atoms with Gasteiger partial charge in [0.2, 0.25) is 0 Å². The van der Waals surface area contributed by atoms with E-state index in [4.69, 9.17) is 10.8 Å². The second kappa shape index (κ2) is 4.78. The molecule has 1 rings (SSSR count). The van der Waals surface area contributed by atoms with Crippen molar-refractivity contribution in [3.63, 3.8) is 0 Å². The number of carbonyl (C=O) groups is 1. The van der Waals surface area contributed by atoms with Gasteiger partial charge in [0.25, 0.3) is 0 Å². The molecule has 0 amide bonds. The largest absolute Gasteiger partial charge is 0.481 e. The molecule has 0 aromatic rings. The lowest BCUT2D eigenvalue weighted by Crippen LogP contribution is -2.45. The maximum Gasteiger partial charge on any atom is 0.305 e. The molecule has 0 bridgehead atoms. The highest BCUT2D eigenvalue weighted by Gasteiger charge is 2.33. The van der Waals surface area contributed by atoms with Gasteiger partial charge in [0.15, 0.2) is 0 Å². The Morgan fingerprint density at radius 1 is 1.50 bits per heavy atom. The van der Waals surface area contributed by atoms with Crippen molar-refractivity contribution in [2.75, 3.05) is 0 Å². The summed E-state index contributed by atoms with van der Waals surface area (Å²) >= 11 is 0. The Labute approximate surface area is 85.7 Å². The Hall–Kier alpha value is -0.570. The third kappa shape index (κ3) is 3.29. The first-order valence-electron chi connectivity index (χ1n) is 5.56. The van der Waals surface area contributed by atoms with Crippen LogP contribution in [0.25, 0.3) is 0 Å². The first-order valence-corrected chi connectivity index (χ1v) is 5.56. The van der Waals surface area contributed by atoms with Crippen molar-refractivity contribution < 1.29 is 9.90 Å². The van der Waals surface area contributed by atoms with E-state index in [1.165, 1.54) is 12.8 Å². The summed E-state index contributed by atoms with van der Waals surface area (Å²) in [6, 6.07) is 0. The number of rotatable bonds is 4. The summed E-state index contributed by atoms with van der Waals surface area (Å²) in [5.41, 5.74) is 5.62. The number of carboxylic acid groups (broad SMARTS) is 1. The van der Waals surface area contributed by atoms with Gasteiger partial charge < -0.3 is 10.8 Å². The Balaban J connectivity index is 2.36. The maximum absolute atomic E-state index is 10.6. The molecule has 0 saturated heterocycles. The Morgan fingerprint density at radius 2 is 2.07 bits per heavy atom. The van der Waals surface area contributed by atoms with E-state index in [0.29, 0.717) is 0 Å². The number of carboxylic acids is 1. The fraction of sp³-hybridized carbons (Fsp3) is 0.909. The zero-order chi connectivity index (χ0) is 10.6. The van der Waals surface area contributed by atoms with Crippen LogP contribution in [0.1, 0.15) is 51.9 Å². The fourth-order valence-corrected chi connectivity index (χ4v) is 2.43. The van der Waals surface area contributed by atoms with Crippen LogP contribution in [0.3, 0.4) is 0 Å². The average Bonchev–Trinajstić information content (AvgIpc) is 2.08. The molecule has 3 nitrogen and oxygen atoms in total. The first-order chi connectivity index (χ1) is 6.56. The van der Waals surface area contributed by atoms with Gasteiger partial charge in [-0.2, -0.15) is 0 Å². The van der Waals surface area contributed by atoms with Crippen LogP contribution in [0.2, 0.25) is 0 Å². The van der Waals surface area contributed by atoms with Gasteiger partial charge in [-0.25, -0.2) is 0 Å². The Kier molecular flexibility index (Phi) is 3.93. The highest BCUT2D eigenvalue weighted by molar-refractivity contribution is 5.68. The zero-order valence-corrected chi connectivity index (χ0v) is 8.96. The van der Waals surface area contributed by atoms with Crippen LogP contribution in [-0.4, -0.2) is 16.6 Å². The lowest BCUT2D eigenvalue weighted by molar-refractivity contribution is -0.138. The molecule has 0 aromatic carbocycles. The lowest BCUT2D eigenvalue weighted by Gasteiger charge is -2.36. The van der Waals surface area contributed by atoms with E-state index in [9.17, 15) is 4.79 Å². The molecule has 1 fully saturated rings. The van der Waals surface area contributed by atoms with Gasteiger partial charge in [-0.1, -0.05) is 19.8 Å². The lowest BCUT2D eigenvalue weighted by atomic mass is 9.74. The number of hydrogen-bond acceptors (Lipinski definition) is 2. The molecule has 3 heteroatoms. The Bertz CT molecular complexity index is 195. The van der Waals surface area contributed by atoms with Gasteiger partial charge in [-0.15, -0.1) is 0 Å². The van der Waals surface area contributed by atoms with Gasteiger partial charge in [0, 0.05) is 5.54 Å². The summed E-state index contributed by atoms with van der Waals surface area (Å²) in [7, 11) is 0. The molecule has 3 N–H and O–H groups in total. The standard InChI is InChI=1S/C11H21NO2/c1-2-3-9-4-6-11(12,7-5-9)8-10(13)14/h9H,2-8,12H2,1H3,(H,13,14). The Morgan fingerprint density at radius 3 is 2.50 bits per heavy atom. The van der Waals surface area contributed by atoms with Crippen molar-refractivity contribution in [1.29, 1.82) is 0 Å². The first kappa shape index (κ1) is 11.5. The predicted molar refractivity (Wildman–Crippen MR) is 56.0 cm³/mol. The van der Waals surface area contributed by atoms with Crippen LogP contribution >= 0.6 is 0 Å².